The van der Waals surface area contributed by atoms with E-state index < -0.39 is 10.8 Å². The minimum absolute atomic E-state index is 0.0850. The standard InChI is InChI=1S/C14H18N2O2S/c1-2-9-19(18)10-3-4-14(17)16-13-7-5-12(11-15)6-8-13/h5-8H,2-4,9-10H2,1H3,(H,16,17). The van der Waals surface area contributed by atoms with Gasteiger partial charge in [-0.2, -0.15) is 5.26 Å². The molecule has 1 rings (SSSR count). The third-order valence-corrected chi connectivity index (χ3v) is 4.11. The fourth-order valence-corrected chi connectivity index (χ4v) is 2.70. The van der Waals surface area contributed by atoms with Gasteiger partial charge in [0.15, 0.2) is 0 Å². The summed E-state index contributed by atoms with van der Waals surface area (Å²) in [6.07, 6.45) is 1.91. The predicted octanol–water partition coefficient (Wildman–Crippen LogP) is 2.44. The second-order valence-electron chi connectivity index (χ2n) is 4.19. The maximum atomic E-state index is 11.6. The Morgan fingerprint density at radius 1 is 1.32 bits per heavy atom. The first kappa shape index (κ1) is 15.4. The number of carbonyl (C=O) groups excluding carboxylic acids is 1. The zero-order valence-corrected chi connectivity index (χ0v) is 11.8. The van der Waals surface area contributed by atoms with Gasteiger partial charge in [-0.05, 0) is 37.1 Å². The minimum atomic E-state index is -0.803. The van der Waals surface area contributed by atoms with Crippen LogP contribution in [0.3, 0.4) is 0 Å². The maximum absolute atomic E-state index is 11.6. The Labute approximate surface area is 116 Å². The zero-order valence-electron chi connectivity index (χ0n) is 11.0. The quantitative estimate of drug-likeness (QED) is 0.832. The molecule has 5 heteroatoms. The Hall–Kier alpha value is -1.67. The van der Waals surface area contributed by atoms with Gasteiger partial charge in [0, 0.05) is 34.4 Å². The van der Waals surface area contributed by atoms with E-state index in [-0.39, 0.29) is 5.91 Å². The summed E-state index contributed by atoms with van der Waals surface area (Å²) in [5.74, 6) is 1.20. The number of rotatable bonds is 7. The van der Waals surface area contributed by atoms with Crippen molar-refractivity contribution < 1.29 is 9.00 Å². The van der Waals surface area contributed by atoms with E-state index in [0.29, 0.717) is 35.6 Å². The van der Waals surface area contributed by atoms with Crippen LogP contribution in [-0.4, -0.2) is 21.6 Å². The molecule has 102 valence electrons. The molecule has 0 saturated carbocycles. The van der Waals surface area contributed by atoms with Crippen LogP contribution in [-0.2, 0) is 15.6 Å². The number of benzene rings is 1. The number of nitriles is 1. The Kier molecular flexibility index (Phi) is 6.83. The molecule has 1 N–H and O–H groups in total. The summed E-state index contributed by atoms with van der Waals surface area (Å²) in [4.78, 5) is 11.6. The van der Waals surface area contributed by atoms with Crippen molar-refractivity contribution >= 4 is 22.4 Å². The fourth-order valence-electron chi connectivity index (χ4n) is 1.58. The van der Waals surface area contributed by atoms with Gasteiger partial charge in [-0.25, -0.2) is 0 Å². The van der Waals surface area contributed by atoms with Crippen molar-refractivity contribution in [2.24, 2.45) is 0 Å². The van der Waals surface area contributed by atoms with Crippen molar-refractivity contribution in [1.29, 1.82) is 5.26 Å². The first-order valence-electron chi connectivity index (χ1n) is 6.30. The molecule has 0 aliphatic carbocycles. The van der Waals surface area contributed by atoms with Gasteiger partial charge in [-0.1, -0.05) is 6.92 Å². The van der Waals surface area contributed by atoms with Crippen LogP contribution in [0.4, 0.5) is 5.69 Å². The third-order valence-electron chi connectivity index (χ3n) is 2.51. The van der Waals surface area contributed by atoms with Gasteiger partial charge in [0.1, 0.15) is 0 Å². The number of hydrogen-bond acceptors (Lipinski definition) is 3. The van der Waals surface area contributed by atoms with Crippen LogP contribution in [0.2, 0.25) is 0 Å². The van der Waals surface area contributed by atoms with Crippen LogP contribution >= 0.6 is 0 Å². The Balaban J connectivity index is 2.31. The van der Waals surface area contributed by atoms with Gasteiger partial charge < -0.3 is 5.32 Å². The highest BCUT2D eigenvalue weighted by Gasteiger charge is 2.04. The van der Waals surface area contributed by atoms with Crippen LogP contribution < -0.4 is 5.32 Å². The number of nitrogens with one attached hydrogen (secondary N) is 1. The largest absolute Gasteiger partial charge is 0.326 e. The van der Waals surface area contributed by atoms with Crippen molar-refractivity contribution in [2.45, 2.75) is 26.2 Å². The summed E-state index contributed by atoms with van der Waals surface area (Å²) >= 11 is 0. The van der Waals surface area contributed by atoms with E-state index in [2.05, 4.69) is 5.32 Å². The summed E-state index contributed by atoms with van der Waals surface area (Å²) in [5, 5.41) is 11.4. The number of anilines is 1. The molecule has 4 nitrogen and oxygen atoms in total. The van der Waals surface area contributed by atoms with Crippen molar-refractivity contribution in [3.05, 3.63) is 29.8 Å². The summed E-state index contributed by atoms with van der Waals surface area (Å²) in [6, 6.07) is 8.74. The predicted molar refractivity (Wildman–Crippen MR) is 77.2 cm³/mol. The number of amides is 1. The highest BCUT2D eigenvalue weighted by molar-refractivity contribution is 7.84. The molecule has 0 aliphatic rings. The molecule has 0 radical (unpaired) electrons. The molecule has 0 spiro atoms. The molecule has 0 aromatic heterocycles. The lowest BCUT2D eigenvalue weighted by molar-refractivity contribution is -0.116. The van der Waals surface area contributed by atoms with Gasteiger partial charge >= 0.3 is 0 Å². The van der Waals surface area contributed by atoms with E-state index in [1.807, 2.05) is 13.0 Å². The Bertz CT molecular complexity index is 477. The molecule has 0 bridgehead atoms. The van der Waals surface area contributed by atoms with Crippen molar-refractivity contribution in [2.75, 3.05) is 16.8 Å². The molecule has 19 heavy (non-hydrogen) atoms. The second-order valence-corrected chi connectivity index (χ2v) is 5.89. The molecule has 0 heterocycles. The molecule has 0 aliphatic heterocycles. The van der Waals surface area contributed by atoms with Crippen molar-refractivity contribution in [1.82, 2.24) is 0 Å². The lowest BCUT2D eigenvalue weighted by Gasteiger charge is -2.05. The van der Waals surface area contributed by atoms with E-state index in [1.54, 1.807) is 24.3 Å². The monoisotopic (exact) mass is 278 g/mol. The summed E-state index contributed by atoms with van der Waals surface area (Å²) < 4.78 is 11.4. The van der Waals surface area contributed by atoms with Gasteiger partial charge in [-0.3, -0.25) is 9.00 Å². The van der Waals surface area contributed by atoms with Gasteiger partial charge in [0.05, 0.1) is 11.6 Å². The number of hydrogen-bond donors (Lipinski definition) is 1. The highest BCUT2D eigenvalue weighted by Crippen LogP contribution is 2.09. The minimum Gasteiger partial charge on any atom is -0.326 e. The normalized spacial score (nSPS) is 11.6. The first-order valence-corrected chi connectivity index (χ1v) is 7.79. The van der Waals surface area contributed by atoms with Crippen molar-refractivity contribution in [3.63, 3.8) is 0 Å². The van der Waals surface area contributed by atoms with Crippen LogP contribution in [0.1, 0.15) is 31.7 Å². The lowest BCUT2D eigenvalue weighted by atomic mass is 10.2. The molecule has 1 aromatic carbocycles. The Morgan fingerprint density at radius 3 is 2.58 bits per heavy atom. The van der Waals surface area contributed by atoms with E-state index in [4.69, 9.17) is 5.26 Å². The molecule has 1 amide bonds. The topological polar surface area (TPSA) is 70.0 Å². The van der Waals surface area contributed by atoms with E-state index in [0.717, 1.165) is 6.42 Å². The Morgan fingerprint density at radius 2 is 2.00 bits per heavy atom. The number of carbonyl (C=O) groups is 1. The van der Waals surface area contributed by atoms with Crippen LogP contribution in [0.25, 0.3) is 0 Å². The molecule has 1 aromatic rings. The third kappa shape index (κ3) is 6.16. The maximum Gasteiger partial charge on any atom is 0.224 e. The van der Waals surface area contributed by atoms with E-state index >= 15 is 0 Å². The molecule has 1 unspecified atom stereocenters. The molecular weight excluding hydrogens is 260 g/mol. The second kappa shape index (κ2) is 8.44. The lowest BCUT2D eigenvalue weighted by Crippen LogP contribution is -2.13. The smallest absolute Gasteiger partial charge is 0.224 e. The van der Waals surface area contributed by atoms with Gasteiger partial charge in [0.2, 0.25) is 5.91 Å². The van der Waals surface area contributed by atoms with Crippen LogP contribution in [0.5, 0.6) is 0 Å². The molecule has 1 atom stereocenters. The zero-order chi connectivity index (χ0) is 14.1. The van der Waals surface area contributed by atoms with Gasteiger partial charge in [-0.15, -0.1) is 0 Å². The number of nitrogens with zero attached hydrogens (tertiary/aromatic N) is 1. The van der Waals surface area contributed by atoms with Crippen LogP contribution in [0, 0.1) is 11.3 Å². The average Bonchev–Trinajstić information content (AvgIpc) is 2.40. The van der Waals surface area contributed by atoms with Gasteiger partial charge in [0.25, 0.3) is 0 Å². The van der Waals surface area contributed by atoms with Crippen molar-refractivity contribution in [3.8, 4) is 6.07 Å². The van der Waals surface area contributed by atoms with Crippen LogP contribution in [0.15, 0.2) is 24.3 Å². The van der Waals surface area contributed by atoms with E-state index in [9.17, 15) is 9.00 Å². The SMILES string of the molecule is CCCS(=O)CCCC(=O)Nc1ccc(C#N)cc1. The summed E-state index contributed by atoms with van der Waals surface area (Å²) in [6.45, 7) is 2.00. The fraction of sp³-hybridized carbons (Fsp3) is 0.429. The molecule has 0 saturated heterocycles. The summed E-state index contributed by atoms with van der Waals surface area (Å²) in [7, 11) is -0.803. The highest BCUT2D eigenvalue weighted by atomic mass is 32.2. The molecule has 0 fully saturated rings. The summed E-state index contributed by atoms with van der Waals surface area (Å²) in [5.41, 5.74) is 1.24. The molecular formula is C14H18N2O2S. The average molecular weight is 278 g/mol. The van der Waals surface area contributed by atoms with E-state index in [1.165, 1.54) is 0 Å². The first-order chi connectivity index (χ1) is 9.15.